The fourth-order valence-electron chi connectivity index (χ4n) is 3.66. The number of rotatable bonds is 5. The van der Waals surface area contributed by atoms with Gasteiger partial charge in [-0.25, -0.2) is 4.98 Å². The van der Waals surface area contributed by atoms with Gasteiger partial charge in [0.2, 0.25) is 0 Å². The van der Waals surface area contributed by atoms with E-state index in [1.165, 1.54) is 23.4 Å². The number of hydrogen-bond acceptors (Lipinski definition) is 5. The Morgan fingerprint density at radius 3 is 2.62 bits per heavy atom. The lowest BCUT2D eigenvalue weighted by atomic mass is 10.0. The Kier molecular flexibility index (Phi) is 5.31. The van der Waals surface area contributed by atoms with E-state index >= 15 is 0 Å². The Morgan fingerprint density at radius 1 is 1.19 bits per heavy atom. The van der Waals surface area contributed by atoms with E-state index in [-0.39, 0.29) is 11.4 Å². The molecule has 0 saturated carbocycles. The first-order chi connectivity index (χ1) is 15.0. The summed E-state index contributed by atoms with van der Waals surface area (Å²) in [6.07, 6.45) is 0.461. The van der Waals surface area contributed by atoms with E-state index in [1.54, 1.807) is 19.9 Å². The molecular weight excluding hydrogens is 437 g/mol. The maximum Gasteiger partial charge on any atom is 0.408 e. The standard InChI is InChI=1S/C20H16F5N5O2/c1-10-3-15(12-4-14(7-26-5-12)32-19(21)22)28-17-11(2)30(18(31)16(10)17)13-6-27-29(8-13)9-20(23,24)25/h3-8,11,19H,9H2,1-2H3/t11-/m0/s1. The average molecular weight is 453 g/mol. The van der Waals surface area contributed by atoms with E-state index in [2.05, 4.69) is 19.8 Å². The van der Waals surface area contributed by atoms with Crippen molar-refractivity contribution in [1.82, 2.24) is 19.7 Å². The number of hydrogen-bond donors (Lipinski definition) is 0. The topological polar surface area (TPSA) is 73.1 Å². The molecular formula is C20H16F5N5O2. The fraction of sp³-hybridized carbons (Fsp3) is 0.300. The van der Waals surface area contributed by atoms with Crippen molar-refractivity contribution in [2.75, 3.05) is 4.90 Å². The van der Waals surface area contributed by atoms with Gasteiger partial charge in [0.1, 0.15) is 12.3 Å². The highest BCUT2D eigenvalue weighted by molar-refractivity contribution is 6.11. The number of fused-ring (bicyclic) bond motifs is 1. The van der Waals surface area contributed by atoms with Gasteiger partial charge in [-0.3, -0.25) is 19.4 Å². The highest BCUT2D eigenvalue weighted by Gasteiger charge is 2.39. The molecule has 0 radical (unpaired) electrons. The van der Waals surface area contributed by atoms with Crippen molar-refractivity contribution in [2.45, 2.75) is 39.2 Å². The van der Waals surface area contributed by atoms with Crippen molar-refractivity contribution < 1.29 is 31.5 Å². The summed E-state index contributed by atoms with van der Waals surface area (Å²) in [7, 11) is 0. The van der Waals surface area contributed by atoms with Crippen LogP contribution in [0.15, 0.2) is 36.9 Å². The monoisotopic (exact) mass is 453 g/mol. The van der Waals surface area contributed by atoms with Crippen molar-refractivity contribution in [3.8, 4) is 17.0 Å². The summed E-state index contributed by atoms with van der Waals surface area (Å²) in [4.78, 5) is 22.8. The Morgan fingerprint density at radius 2 is 1.94 bits per heavy atom. The van der Waals surface area contributed by atoms with Crippen LogP contribution in [0.4, 0.5) is 27.6 Å². The molecule has 7 nitrogen and oxygen atoms in total. The SMILES string of the molecule is Cc1cc(-c2cncc(OC(F)F)c2)nc2c1C(=O)N(c1cnn(CC(F)(F)F)c1)[C@H]2C. The summed E-state index contributed by atoms with van der Waals surface area (Å²) in [5, 5.41) is 3.70. The summed E-state index contributed by atoms with van der Waals surface area (Å²) < 4.78 is 68.0. The molecule has 0 aliphatic carbocycles. The van der Waals surface area contributed by atoms with Gasteiger partial charge >= 0.3 is 12.8 Å². The highest BCUT2D eigenvalue weighted by atomic mass is 19.4. The molecule has 4 rings (SSSR count). The number of aromatic nitrogens is 4. The van der Waals surface area contributed by atoms with Crippen LogP contribution in [0.3, 0.4) is 0 Å². The molecule has 1 atom stereocenters. The van der Waals surface area contributed by atoms with Crippen molar-refractivity contribution in [3.63, 3.8) is 0 Å². The van der Waals surface area contributed by atoms with Gasteiger partial charge in [0, 0.05) is 18.0 Å². The lowest BCUT2D eigenvalue weighted by Gasteiger charge is -2.19. The van der Waals surface area contributed by atoms with Crippen LogP contribution >= 0.6 is 0 Å². The van der Waals surface area contributed by atoms with Crippen molar-refractivity contribution in [2.24, 2.45) is 0 Å². The number of aryl methyl sites for hydroxylation is 1. The maximum absolute atomic E-state index is 13.1. The van der Waals surface area contributed by atoms with Crippen LogP contribution in [0.25, 0.3) is 11.3 Å². The molecule has 0 saturated heterocycles. The molecule has 0 aromatic carbocycles. The normalized spacial score (nSPS) is 16.1. The van der Waals surface area contributed by atoms with Crippen LogP contribution in [0.1, 0.15) is 34.6 Å². The van der Waals surface area contributed by atoms with Gasteiger partial charge < -0.3 is 4.74 Å². The van der Waals surface area contributed by atoms with Gasteiger partial charge in [-0.15, -0.1) is 0 Å². The molecule has 0 N–H and O–H groups in total. The molecule has 4 heterocycles. The van der Waals surface area contributed by atoms with E-state index < -0.39 is 31.3 Å². The minimum Gasteiger partial charge on any atom is -0.433 e. The Hall–Kier alpha value is -3.57. The Bertz CT molecular complexity index is 1180. The molecule has 0 spiro atoms. The van der Waals surface area contributed by atoms with Gasteiger partial charge in [-0.2, -0.15) is 27.1 Å². The minimum absolute atomic E-state index is 0.139. The zero-order valence-electron chi connectivity index (χ0n) is 16.8. The molecule has 1 amide bonds. The molecule has 0 bridgehead atoms. The third kappa shape index (κ3) is 4.12. The van der Waals surface area contributed by atoms with Crippen LogP contribution in [0, 0.1) is 6.92 Å². The molecule has 3 aromatic heterocycles. The predicted molar refractivity (Wildman–Crippen MR) is 102 cm³/mol. The fourth-order valence-corrected chi connectivity index (χ4v) is 3.66. The molecule has 168 valence electrons. The number of halogens is 5. The van der Waals surface area contributed by atoms with Crippen LogP contribution in [0.2, 0.25) is 0 Å². The predicted octanol–water partition coefficient (Wildman–Crippen LogP) is 4.53. The first kappa shape index (κ1) is 21.7. The van der Waals surface area contributed by atoms with Gasteiger partial charge in [0.25, 0.3) is 5.91 Å². The van der Waals surface area contributed by atoms with E-state index in [0.29, 0.717) is 32.8 Å². The third-order valence-electron chi connectivity index (χ3n) is 4.93. The lowest BCUT2D eigenvalue weighted by Crippen LogP contribution is -2.26. The van der Waals surface area contributed by atoms with Crippen LogP contribution < -0.4 is 9.64 Å². The van der Waals surface area contributed by atoms with Crippen molar-refractivity contribution in [3.05, 3.63) is 53.7 Å². The number of alkyl halides is 5. The number of nitrogens with zero attached hydrogens (tertiary/aromatic N) is 5. The third-order valence-corrected chi connectivity index (χ3v) is 4.93. The number of pyridine rings is 2. The number of anilines is 1. The van der Waals surface area contributed by atoms with Crippen molar-refractivity contribution >= 4 is 11.6 Å². The second kappa shape index (κ2) is 7.84. The quantitative estimate of drug-likeness (QED) is 0.531. The van der Waals surface area contributed by atoms with Crippen molar-refractivity contribution in [1.29, 1.82) is 0 Å². The molecule has 1 aliphatic rings. The molecule has 3 aromatic rings. The molecule has 12 heteroatoms. The van der Waals surface area contributed by atoms with Gasteiger partial charge in [-0.05, 0) is 31.5 Å². The number of carbonyl (C=O) groups excluding carboxylic acids is 1. The first-order valence-corrected chi connectivity index (χ1v) is 9.38. The van der Waals surface area contributed by atoms with Crippen LogP contribution in [-0.4, -0.2) is 38.4 Å². The zero-order chi connectivity index (χ0) is 23.2. The second-order valence-electron chi connectivity index (χ2n) is 7.23. The summed E-state index contributed by atoms with van der Waals surface area (Å²) in [6.45, 7) is -0.901. The highest BCUT2D eigenvalue weighted by Crippen LogP contribution is 2.39. The maximum atomic E-state index is 13.1. The largest absolute Gasteiger partial charge is 0.433 e. The summed E-state index contributed by atoms with van der Waals surface area (Å²) >= 11 is 0. The number of amides is 1. The Labute approximate surface area is 178 Å². The summed E-state index contributed by atoms with van der Waals surface area (Å²) in [5.41, 5.74) is 2.33. The smallest absolute Gasteiger partial charge is 0.408 e. The summed E-state index contributed by atoms with van der Waals surface area (Å²) in [6, 6.07) is 2.38. The van der Waals surface area contributed by atoms with Crippen LogP contribution in [-0.2, 0) is 6.54 Å². The average Bonchev–Trinajstić information content (AvgIpc) is 3.22. The lowest BCUT2D eigenvalue weighted by molar-refractivity contribution is -0.142. The van der Waals surface area contributed by atoms with Gasteiger partial charge in [0.05, 0.1) is 41.1 Å². The van der Waals surface area contributed by atoms with Gasteiger partial charge in [-0.1, -0.05) is 0 Å². The summed E-state index contributed by atoms with van der Waals surface area (Å²) in [5.74, 6) is -0.552. The molecule has 32 heavy (non-hydrogen) atoms. The van der Waals surface area contributed by atoms with E-state index in [0.717, 1.165) is 12.4 Å². The number of carbonyl (C=O) groups is 1. The minimum atomic E-state index is -4.45. The molecule has 1 aliphatic heterocycles. The number of ether oxygens (including phenoxy) is 1. The van der Waals surface area contributed by atoms with E-state index in [4.69, 9.17) is 0 Å². The van der Waals surface area contributed by atoms with E-state index in [9.17, 15) is 26.7 Å². The zero-order valence-corrected chi connectivity index (χ0v) is 16.8. The van der Waals surface area contributed by atoms with E-state index in [1.807, 2.05) is 0 Å². The first-order valence-electron chi connectivity index (χ1n) is 9.38. The van der Waals surface area contributed by atoms with Gasteiger partial charge in [0.15, 0.2) is 0 Å². The molecule has 0 fully saturated rings. The Balaban J connectivity index is 1.68. The van der Waals surface area contributed by atoms with Crippen LogP contribution in [0.5, 0.6) is 5.75 Å². The molecule has 0 unspecified atom stereocenters. The second-order valence-corrected chi connectivity index (χ2v) is 7.23.